The minimum atomic E-state index is -0.841. The Kier molecular flexibility index (Phi) is 5.21. The van der Waals surface area contributed by atoms with Crippen LogP contribution in [0.4, 0.5) is 0 Å². The van der Waals surface area contributed by atoms with Crippen molar-refractivity contribution >= 4 is 40.8 Å². The van der Waals surface area contributed by atoms with Crippen LogP contribution in [0.1, 0.15) is 15.2 Å². The third kappa shape index (κ3) is 4.21. The van der Waals surface area contributed by atoms with Gasteiger partial charge in [0.2, 0.25) is 0 Å². The number of carboxylic acids is 1. The first-order valence-electron chi connectivity index (χ1n) is 5.46. The summed E-state index contributed by atoms with van der Waals surface area (Å²) in [4.78, 5) is 11.8. The number of nitrogens with one attached hydrogen (secondary N) is 1. The summed E-state index contributed by atoms with van der Waals surface area (Å²) in [5.41, 5.74) is 0.398. The summed E-state index contributed by atoms with van der Waals surface area (Å²) in [5.74, 6) is 2.90. The molecule has 1 aliphatic rings. The van der Waals surface area contributed by atoms with Crippen LogP contribution in [0.15, 0.2) is 11.4 Å². The van der Waals surface area contributed by atoms with E-state index in [0.29, 0.717) is 10.8 Å². The molecule has 1 fully saturated rings. The summed E-state index contributed by atoms with van der Waals surface area (Å²) < 4.78 is 0. The number of aromatic carboxylic acids is 1. The average molecular weight is 289 g/mol. The molecule has 3 nitrogen and oxygen atoms in total. The Labute approximate surface area is 113 Å². The van der Waals surface area contributed by atoms with Gasteiger partial charge in [0, 0.05) is 45.9 Å². The van der Waals surface area contributed by atoms with Gasteiger partial charge < -0.3 is 10.4 Å². The summed E-state index contributed by atoms with van der Waals surface area (Å²) in [6.07, 6.45) is 0. The van der Waals surface area contributed by atoms with Gasteiger partial charge in [0.1, 0.15) is 0 Å². The molecule has 1 unspecified atom stereocenters. The Bertz CT molecular complexity index is 375. The van der Waals surface area contributed by atoms with Gasteiger partial charge in [-0.25, -0.2) is 4.79 Å². The van der Waals surface area contributed by atoms with Crippen molar-refractivity contribution in [1.82, 2.24) is 5.32 Å². The van der Waals surface area contributed by atoms with Crippen molar-refractivity contribution in [2.24, 2.45) is 0 Å². The van der Waals surface area contributed by atoms with Crippen molar-refractivity contribution < 1.29 is 9.90 Å². The van der Waals surface area contributed by atoms with E-state index >= 15 is 0 Å². The molecule has 1 aliphatic heterocycles. The molecule has 1 saturated heterocycles. The largest absolute Gasteiger partial charge is 0.478 e. The van der Waals surface area contributed by atoms with E-state index in [4.69, 9.17) is 5.11 Å². The van der Waals surface area contributed by atoms with E-state index in [9.17, 15) is 4.79 Å². The van der Waals surface area contributed by atoms with E-state index < -0.39 is 5.97 Å². The van der Waals surface area contributed by atoms with Crippen LogP contribution in [0.3, 0.4) is 0 Å². The van der Waals surface area contributed by atoms with Crippen molar-refractivity contribution in [2.45, 2.75) is 11.8 Å². The number of carbonyl (C=O) groups is 1. The Hall–Kier alpha value is -0.170. The summed E-state index contributed by atoms with van der Waals surface area (Å²) >= 11 is 5.56. The van der Waals surface area contributed by atoms with Gasteiger partial charge in [-0.1, -0.05) is 0 Å². The maximum atomic E-state index is 10.7. The van der Waals surface area contributed by atoms with Crippen molar-refractivity contribution in [3.8, 4) is 0 Å². The zero-order chi connectivity index (χ0) is 12.1. The first-order chi connectivity index (χ1) is 8.25. The highest BCUT2D eigenvalue weighted by atomic mass is 32.2. The van der Waals surface area contributed by atoms with Gasteiger partial charge >= 0.3 is 5.97 Å². The number of thioether (sulfide) groups is 2. The topological polar surface area (TPSA) is 49.3 Å². The Balaban J connectivity index is 1.71. The highest BCUT2D eigenvalue weighted by molar-refractivity contribution is 8.06. The molecule has 0 amide bonds. The molecule has 0 saturated carbocycles. The summed E-state index contributed by atoms with van der Waals surface area (Å²) in [6.45, 7) is 1.79. The number of thiophene rings is 1. The maximum Gasteiger partial charge on any atom is 0.336 e. The van der Waals surface area contributed by atoms with Gasteiger partial charge in [-0.2, -0.15) is 23.5 Å². The SMILES string of the molecule is O=C(O)c1csc(CNCC2CSCCS2)c1. The van der Waals surface area contributed by atoms with Crippen LogP contribution < -0.4 is 5.32 Å². The first-order valence-corrected chi connectivity index (χ1v) is 8.55. The molecule has 0 aliphatic carbocycles. The quantitative estimate of drug-likeness (QED) is 0.871. The third-order valence-corrected chi connectivity index (χ3v) is 6.24. The van der Waals surface area contributed by atoms with Gasteiger partial charge in [0.25, 0.3) is 0 Å². The Morgan fingerprint density at radius 2 is 2.41 bits per heavy atom. The molecule has 1 aromatic heterocycles. The molecular formula is C11H15NO2S3. The van der Waals surface area contributed by atoms with Crippen LogP contribution >= 0.6 is 34.9 Å². The fourth-order valence-electron chi connectivity index (χ4n) is 1.60. The molecular weight excluding hydrogens is 274 g/mol. The lowest BCUT2D eigenvalue weighted by Gasteiger charge is -2.20. The standard InChI is InChI=1S/C11H15NO2S3/c13-11(14)8-3-9(17-6-8)4-12-5-10-7-15-1-2-16-10/h3,6,10,12H,1-2,4-5,7H2,(H,13,14). The van der Waals surface area contributed by atoms with Crippen molar-refractivity contribution in [2.75, 3.05) is 23.8 Å². The van der Waals surface area contributed by atoms with Crippen LogP contribution in [0.25, 0.3) is 0 Å². The summed E-state index contributed by atoms with van der Waals surface area (Å²) in [5, 5.41) is 14.6. The monoisotopic (exact) mass is 289 g/mol. The molecule has 17 heavy (non-hydrogen) atoms. The molecule has 2 heterocycles. The van der Waals surface area contributed by atoms with E-state index in [1.54, 1.807) is 11.4 Å². The van der Waals surface area contributed by atoms with Gasteiger partial charge in [-0.15, -0.1) is 11.3 Å². The second kappa shape index (κ2) is 6.68. The zero-order valence-corrected chi connectivity index (χ0v) is 11.8. The minimum Gasteiger partial charge on any atom is -0.478 e. The van der Waals surface area contributed by atoms with Gasteiger partial charge in [-0.3, -0.25) is 0 Å². The smallest absolute Gasteiger partial charge is 0.336 e. The molecule has 0 aromatic carbocycles. The molecule has 6 heteroatoms. The third-order valence-electron chi connectivity index (χ3n) is 2.46. The van der Waals surface area contributed by atoms with Gasteiger partial charge in [0.05, 0.1) is 5.56 Å². The molecule has 2 N–H and O–H groups in total. The van der Waals surface area contributed by atoms with Crippen molar-refractivity contribution in [3.63, 3.8) is 0 Å². The predicted molar refractivity (Wildman–Crippen MR) is 76.6 cm³/mol. The van der Waals surface area contributed by atoms with Gasteiger partial charge in [-0.05, 0) is 6.07 Å². The molecule has 94 valence electrons. The van der Waals surface area contributed by atoms with Crippen LogP contribution in [-0.4, -0.2) is 40.1 Å². The lowest BCUT2D eigenvalue weighted by Crippen LogP contribution is -2.28. The first kappa shape index (κ1) is 13.3. The van der Waals surface area contributed by atoms with Crippen LogP contribution in [-0.2, 0) is 6.54 Å². The molecule has 0 bridgehead atoms. The van der Waals surface area contributed by atoms with Crippen LogP contribution in [0.5, 0.6) is 0 Å². The fourth-order valence-corrected chi connectivity index (χ4v) is 5.07. The Morgan fingerprint density at radius 3 is 3.06 bits per heavy atom. The van der Waals surface area contributed by atoms with Crippen molar-refractivity contribution in [3.05, 3.63) is 21.9 Å². The van der Waals surface area contributed by atoms with E-state index in [1.165, 1.54) is 28.6 Å². The maximum absolute atomic E-state index is 10.7. The molecule has 1 atom stereocenters. The highest BCUT2D eigenvalue weighted by Crippen LogP contribution is 2.23. The van der Waals surface area contributed by atoms with Crippen molar-refractivity contribution in [1.29, 1.82) is 0 Å². The number of hydrogen-bond acceptors (Lipinski definition) is 5. The number of carboxylic acid groups (broad SMARTS) is 1. The van der Waals surface area contributed by atoms with Gasteiger partial charge in [0.15, 0.2) is 0 Å². The highest BCUT2D eigenvalue weighted by Gasteiger charge is 2.13. The van der Waals surface area contributed by atoms with Crippen LogP contribution in [0.2, 0.25) is 0 Å². The molecule has 0 spiro atoms. The average Bonchev–Trinajstić information content (AvgIpc) is 2.79. The van der Waals surface area contributed by atoms with Crippen LogP contribution in [0, 0.1) is 0 Å². The lowest BCUT2D eigenvalue weighted by atomic mass is 10.3. The lowest BCUT2D eigenvalue weighted by molar-refractivity contribution is 0.0697. The number of rotatable bonds is 5. The second-order valence-electron chi connectivity index (χ2n) is 3.81. The summed E-state index contributed by atoms with van der Waals surface area (Å²) in [7, 11) is 0. The molecule has 1 aromatic rings. The number of hydrogen-bond donors (Lipinski definition) is 2. The predicted octanol–water partition coefficient (Wildman–Crippen LogP) is 2.38. The molecule has 2 rings (SSSR count). The normalized spacial score (nSPS) is 20.4. The molecule has 0 radical (unpaired) electrons. The Morgan fingerprint density at radius 1 is 1.53 bits per heavy atom. The van der Waals surface area contributed by atoms with E-state index in [-0.39, 0.29) is 0 Å². The second-order valence-corrected chi connectivity index (χ2v) is 7.36. The minimum absolute atomic E-state index is 0.398. The van der Waals surface area contributed by atoms with E-state index in [0.717, 1.165) is 18.0 Å². The zero-order valence-electron chi connectivity index (χ0n) is 9.35. The van der Waals surface area contributed by atoms with E-state index in [2.05, 4.69) is 5.32 Å². The fraction of sp³-hybridized carbons (Fsp3) is 0.545. The van der Waals surface area contributed by atoms with E-state index in [1.807, 2.05) is 23.5 Å². The summed E-state index contributed by atoms with van der Waals surface area (Å²) in [6, 6.07) is 1.75.